The fourth-order valence-electron chi connectivity index (χ4n) is 3.42. The van der Waals surface area contributed by atoms with Crippen LogP contribution in [0.2, 0.25) is 0 Å². The van der Waals surface area contributed by atoms with Crippen LogP contribution >= 0.6 is 0 Å². The van der Waals surface area contributed by atoms with Gasteiger partial charge in [0.15, 0.2) is 5.96 Å². The van der Waals surface area contributed by atoms with E-state index in [-0.39, 0.29) is 0 Å². The minimum Gasteiger partial charge on any atom is -0.382 e. The lowest BCUT2D eigenvalue weighted by Gasteiger charge is -2.40. The van der Waals surface area contributed by atoms with E-state index in [1.807, 2.05) is 6.92 Å². The Morgan fingerprint density at radius 3 is 2.38 bits per heavy atom. The second-order valence-electron chi connectivity index (χ2n) is 6.79. The van der Waals surface area contributed by atoms with Crippen LogP contribution in [-0.4, -0.2) is 25.7 Å². The van der Waals surface area contributed by atoms with Gasteiger partial charge in [-0.15, -0.1) is 0 Å². The van der Waals surface area contributed by atoms with E-state index in [2.05, 4.69) is 42.4 Å². The number of para-hydroxylation sites is 1. The Balaban J connectivity index is 2.01. The first-order valence-corrected chi connectivity index (χ1v) is 9.39. The van der Waals surface area contributed by atoms with E-state index in [1.54, 1.807) is 0 Å². The van der Waals surface area contributed by atoms with Gasteiger partial charge in [0.25, 0.3) is 0 Å². The van der Waals surface area contributed by atoms with Gasteiger partial charge in [0.05, 0.1) is 0 Å². The molecule has 1 saturated carbocycles. The molecule has 0 aliphatic heterocycles. The van der Waals surface area contributed by atoms with Gasteiger partial charge in [0.2, 0.25) is 0 Å². The maximum atomic E-state index is 6.20. The summed E-state index contributed by atoms with van der Waals surface area (Å²) in [5.41, 5.74) is 10.2. The lowest BCUT2D eigenvalue weighted by Crippen LogP contribution is -2.35. The number of aliphatic imine (C=N–C) groups is 1. The van der Waals surface area contributed by atoms with E-state index in [9.17, 15) is 0 Å². The fourth-order valence-corrected chi connectivity index (χ4v) is 3.42. The Morgan fingerprint density at radius 1 is 1.21 bits per heavy atom. The van der Waals surface area contributed by atoms with Crippen molar-refractivity contribution in [3.05, 3.63) is 29.3 Å². The van der Waals surface area contributed by atoms with Crippen molar-refractivity contribution in [2.45, 2.75) is 59.3 Å². The molecule has 0 radical (unpaired) electrons. The van der Waals surface area contributed by atoms with Crippen LogP contribution in [0.25, 0.3) is 0 Å². The van der Waals surface area contributed by atoms with Crippen molar-refractivity contribution in [1.82, 2.24) is 0 Å². The van der Waals surface area contributed by atoms with Crippen LogP contribution < -0.4 is 11.1 Å². The highest BCUT2D eigenvalue weighted by Crippen LogP contribution is 2.44. The zero-order valence-corrected chi connectivity index (χ0v) is 15.5. The van der Waals surface area contributed by atoms with Gasteiger partial charge in [-0.05, 0) is 55.6 Å². The molecule has 0 bridgehead atoms. The molecule has 4 heteroatoms. The van der Waals surface area contributed by atoms with Gasteiger partial charge in [-0.25, -0.2) is 0 Å². The first kappa shape index (κ1) is 18.8. The number of rotatable bonds is 9. The van der Waals surface area contributed by atoms with Crippen molar-refractivity contribution in [2.24, 2.45) is 16.1 Å². The molecule has 1 aliphatic carbocycles. The monoisotopic (exact) mass is 331 g/mol. The highest BCUT2D eigenvalue weighted by molar-refractivity contribution is 5.93. The van der Waals surface area contributed by atoms with Gasteiger partial charge in [0, 0.05) is 25.4 Å². The second-order valence-corrected chi connectivity index (χ2v) is 6.79. The smallest absolute Gasteiger partial charge is 0.193 e. The lowest BCUT2D eigenvalue weighted by atomic mass is 9.67. The molecule has 0 aromatic heterocycles. The molecule has 0 saturated heterocycles. The summed E-state index contributed by atoms with van der Waals surface area (Å²) in [5, 5.41) is 3.37. The number of guanidine groups is 1. The molecule has 134 valence electrons. The molecular weight excluding hydrogens is 298 g/mol. The lowest BCUT2D eigenvalue weighted by molar-refractivity contribution is 0.0610. The fraction of sp³-hybridized carbons (Fsp3) is 0.650. The molecule has 1 aromatic rings. The van der Waals surface area contributed by atoms with Crippen LogP contribution in [0.5, 0.6) is 0 Å². The van der Waals surface area contributed by atoms with Crippen LogP contribution in [0, 0.1) is 5.41 Å². The number of aryl methyl sites for hydroxylation is 2. The first-order valence-electron chi connectivity index (χ1n) is 9.39. The molecule has 1 aliphatic rings. The van der Waals surface area contributed by atoms with E-state index in [1.165, 1.54) is 30.4 Å². The summed E-state index contributed by atoms with van der Waals surface area (Å²) >= 11 is 0. The number of nitrogens with one attached hydrogen (secondary N) is 1. The normalized spacial score (nSPS) is 16.7. The Morgan fingerprint density at radius 2 is 1.88 bits per heavy atom. The largest absolute Gasteiger partial charge is 0.382 e. The molecule has 1 fully saturated rings. The van der Waals surface area contributed by atoms with Crippen molar-refractivity contribution in [2.75, 3.05) is 25.1 Å². The van der Waals surface area contributed by atoms with Crippen molar-refractivity contribution in [3.63, 3.8) is 0 Å². The number of nitrogens with zero attached hydrogens (tertiary/aromatic N) is 1. The number of benzene rings is 1. The molecule has 0 spiro atoms. The predicted octanol–water partition coefficient (Wildman–Crippen LogP) is 4.13. The SMILES string of the molecule is CCOCCC1(CN=C(N)Nc2c(CC)cccc2CC)CCC1. The van der Waals surface area contributed by atoms with Crippen molar-refractivity contribution < 1.29 is 4.74 Å². The summed E-state index contributed by atoms with van der Waals surface area (Å²) in [5.74, 6) is 0.535. The summed E-state index contributed by atoms with van der Waals surface area (Å²) < 4.78 is 5.53. The Labute approximate surface area is 146 Å². The predicted molar refractivity (Wildman–Crippen MR) is 103 cm³/mol. The second kappa shape index (κ2) is 9.07. The van der Waals surface area contributed by atoms with E-state index in [0.29, 0.717) is 11.4 Å². The number of hydrogen-bond acceptors (Lipinski definition) is 2. The third kappa shape index (κ3) is 4.73. The summed E-state index contributed by atoms with van der Waals surface area (Å²) in [6.07, 6.45) is 6.84. The summed E-state index contributed by atoms with van der Waals surface area (Å²) in [4.78, 5) is 4.67. The molecular formula is C20H33N3O. The van der Waals surface area contributed by atoms with E-state index in [0.717, 1.165) is 44.7 Å². The maximum Gasteiger partial charge on any atom is 0.193 e. The standard InChI is InChI=1S/C20H33N3O/c1-4-16-9-7-10-17(5-2)18(16)23-19(21)22-15-20(11-8-12-20)13-14-24-6-3/h7,9-10H,4-6,8,11-15H2,1-3H3,(H3,21,22,23). The molecule has 0 amide bonds. The van der Waals surface area contributed by atoms with Gasteiger partial charge >= 0.3 is 0 Å². The molecule has 3 N–H and O–H groups in total. The molecule has 1 aromatic carbocycles. The Bertz CT molecular complexity index is 528. The number of hydrogen-bond donors (Lipinski definition) is 2. The van der Waals surface area contributed by atoms with E-state index < -0.39 is 0 Å². The third-order valence-corrected chi connectivity index (χ3v) is 5.23. The van der Waals surface area contributed by atoms with Gasteiger partial charge in [-0.2, -0.15) is 0 Å². The van der Waals surface area contributed by atoms with Crippen LogP contribution in [0.1, 0.15) is 57.6 Å². The van der Waals surface area contributed by atoms with Crippen molar-refractivity contribution in [1.29, 1.82) is 0 Å². The van der Waals surface area contributed by atoms with Crippen molar-refractivity contribution >= 4 is 11.6 Å². The summed E-state index contributed by atoms with van der Waals surface area (Å²) in [7, 11) is 0. The highest BCUT2D eigenvalue weighted by Gasteiger charge is 2.36. The highest BCUT2D eigenvalue weighted by atomic mass is 16.5. The van der Waals surface area contributed by atoms with Gasteiger partial charge in [-0.3, -0.25) is 4.99 Å². The first-order chi connectivity index (χ1) is 11.6. The van der Waals surface area contributed by atoms with E-state index >= 15 is 0 Å². The maximum absolute atomic E-state index is 6.20. The molecule has 0 heterocycles. The zero-order chi connectivity index (χ0) is 17.4. The van der Waals surface area contributed by atoms with Gasteiger partial charge in [0.1, 0.15) is 0 Å². The summed E-state index contributed by atoms with van der Waals surface area (Å²) in [6.45, 7) is 8.81. The average Bonchev–Trinajstić information content (AvgIpc) is 2.56. The zero-order valence-electron chi connectivity index (χ0n) is 15.5. The Hall–Kier alpha value is -1.55. The van der Waals surface area contributed by atoms with Gasteiger partial charge in [-0.1, -0.05) is 38.5 Å². The third-order valence-electron chi connectivity index (χ3n) is 5.23. The Kier molecular flexibility index (Phi) is 7.10. The molecule has 0 atom stereocenters. The minimum absolute atomic E-state index is 0.305. The van der Waals surface area contributed by atoms with Crippen molar-refractivity contribution in [3.8, 4) is 0 Å². The number of ether oxygens (including phenoxy) is 1. The number of anilines is 1. The molecule has 4 nitrogen and oxygen atoms in total. The van der Waals surface area contributed by atoms with E-state index in [4.69, 9.17) is 10.5 Å². The topological polar surface area (TPSA) is 59.6 Å². The van der Waals surface area contributed by atoms with Crippen LogP contribution in [0.3, 0.4) is 0 Å². The molecule has 2 rings (SSSR count). The van der Waals surface area contributed by atoms with Crippen LogP contribution in [0.15, 0.2) is 23.2 Å². The number of nitrogens with two attached hydrogens (primary N) is 1. The van der Waals surface area contributed by atoms with Crippen LogP contribution in [0.4, 0.5) is 5.69 Å². The quantitative estimate of drug-likeness (QED) is 0.406. The van der Waals surface area contributed by atoms with Gasteiger partial charge < -0.3 is 15.8 Å². The average molecular weight is 332 g/mol. The molecule has 0 unspecified atom stereocenters. The summed E-state index contributed by atoms with van der Waals surface area (Å²) in [6, 6.07) is 6.43. The van der Waals surface area contributed by atoms with Crippen LogP contribution in [-0.2, 0) is 17.6 Å². The molecule has 24 heavy (non-hydrogen) atoms. The minimum atomic E-state index is 0.305.